The van der Waals surface area contributed by atoms with Crippen LogP contribution in [0.25, 0.3) is 0 Å². The monoisotopic (exact) mass is 154 g/mol. The fourth-order valence-electron chi connectivity index (χ4n) is 1.25. The summed E-state index contributed by atoms with van der Waals surface area (Å²) in [4.78, 5) is 0. The van der Waals surface area contributed by atoms with E-state index in [1.165, 1.54) is 29.1 Å². The second-order valence-corrected chi connectivity index (χ2v) is 3.67. The molecule has 2 rings (SSSR count). The summed E-state index contributed by atoms with van der Waals surface area (Å²) < 4.78 is 0. The minimum absolute atomic E-state index is 1.15. The highest BCUT2D eigenvalue weighted by Gasteiger charge is 2.13. The Kier molecular flexibility index (Phi) is 1.45. The highest BCUT2D eigenvalue weighted by atomic mass is 32.2. The van der Waals surface area contributed by atoms with Gasteiger partial charge in [0, 0.05) is 17.0 Å². The summed E-state index contributed by atoms with van der Waals surface area (Å²) in [6.45, 7) is 2.07. The van der Waals surface area contributed by atoms with E-state index < -0.39 is 0 Å². The van der Waals surface area contributed by atoms with Crippen LogP contribution in [0.15, 0.2) is 0 Å². The number of aryl methyl sites for hydroxylation is 2. The van der Waals surface area contributed by atoms with Gasteiger partial charge in [0.1, 0.15) is 0 Å². The van der Waals surface area contributed by atoms with Gasteiger partial charge in [0.05, 0.1) is 5.69 Å². The molecule has 0 radical (unpaired) electrons. The zero-order valence-electron chi connectivity index (χ0n) is 5.98. The lowest BCUT2D eigenvalue weighted by atomic mass is 10.2. The second-order valence-electron chi connectivity index (χ2n) is 2.57. The van der Waals surface area contributed by atoms with E-state index in [9.17, 15) is 0 Å². The van der Waals surface area contributed by atoms with Gasteiger partial charge in [0.15, 0.2) is 0 Å². The molecule has 0 saturated carbocycles. The lowest BCUT2D eigenvalue weighted by Gasteiger charge is -2.09. The lowest BCUT2D eigenvalue weighted by Crippen LogP contribution is -2.00. The van der Waals surface area contributed by atoms with Crippen LogP contribution in [0.3, 0.4) is 0 Å². The third kappa shape index (κ3) is 0.850. The van der Waals surface area contributed by atoms with Crippen molar-refractivity contribution in [2.45, 2.75) is 19.1 Å². The minimum atomic E-state index is 1.15. The van der Waals surface area contributed by atoms with E-state index >= 15 is 0 Å². The van der Waals surface area contributed by atoms with E-state index in [4.69, 9.17) is 0 Å². The van der Waals surface area contributed by atoms with Gasteiger partial charge in [-0.3, -0.25) is 5.10 Å². The maximum Gasteiger partial charge on any atom is 0.0634 e. The molecule has 1 aromatic heterocycles. The minimum Gasteiger partial charge on any atom is -0.282 e. The first kappa shape index (κ1) is 6.28. The number of hydrogen-bond donors (Lipinski definition) is 1. The van der Waals surface area contributed by atoms with E-state index in [0.717, 1.165) is 5.75 Å². The van der Waals surface area contributed by atoms with Gasteiger partial charge in [-0.1, -0.05) is 0 Å². The summed E-state index contributed by atoms with van der Waals surface area (Å²) in [7, 11) is 0. The van der Waals surface area contributed by atoms with Crippen molar-refractivity contribution >= 4 is 11.8 Å². The van der Waals surface area contributed by atoms with Gasteiger partial charge in [-0.25, -0.2) is 0 Å². The quantitative estimate of drug-likeness (QED) is 0.613. The molecule has 2 heterocycles. The number of H-pyrrole nitrogens is 1. The molecule has 0 bridgehead atoms. The van der Waals surface area contributed by atoms with Crippen molar-refractivity contribution in [3.63, 3.8) is 0 Å². The predicted molar refractivity (Wildman–Crippen MR) is 43.2 cm³/mol. The number of thioether (sulfide) groups is 1. The van der Waals surface area contributed by atoms with Gasteiger partial charge >= 0.3 is 0 Å². The molecule has 2 nitrogen and oxygen atoms in total. The average molecular weight is 154 g/mol. The smallest absolute Gasteiger partial charge is 0.0634 e. The summed E-state index contributed by atoms with van der Waals surface area (Å²) in [5.41, 5.74) is 3.98. The average Bonchev–Trinajstić information content (AvgIpc) is 2.34. The van der Waals surface area contributed by atoms with Crippen LogP contribution in [0.1, 0.15) is 17.0 Å². The Bertz CT molecular complexity index is 242. The van der Waals surface area contributed by atoms with Crippen LogP contribution in [0.5, 0.6) is 0 Å². The molecule has 10 heavy (non-hydrogen) atoms. The van der Waals surface area contributed by atoms with Crippen LogP contribution >= 0.6 is 11.8 Å². The van der Waals surface area contributed by atoms with Gasteiger partial charge < -0.3 is 0 Å². The standard InChI is InChI=1S/C7H10N2S/c1-5-6-4-10-3-2-7(6)9-8-5/h2-4H2,1H3,(H,8,9). The fraction of sp³-hybridized carbons (Fsp3) is 0.571. The number of nitrogens with zero attached hydrogens (tertiary/aromatic N) is 1. The van der Waals surface area contributed by atoms with Gasteiger partial charge in [-0.2, -0.15) is 16.9 Å². The largest absolute Gasteiger partial charge is 0.282 e. The summed E-state index contributed by atoms with van der Waals surface area (Å²) in [6.07, 6.45) is 1.17. The van der Waals surface area contributed by atoms with Crippen molar-refractivity contribution in [2.24, 2.45) is 0 Å². The van der Waals surface area contributed by atoms with Crippen LogP contribution in [-0.2, 0) is 12.2 Å². The van der Waals surface area contributed by atoms with Crippen LogP contribution in [0.2, 0.25) is 0 Å². The van der Waals surface area contributed by atoms with Crippen molar-refractivity contribution in [1.82, 2.24) is 10.2 Å². The predicted octanol–water partition coefficient (Wildman–Crippen LogP) is 1.51. The highest BCUT2D eigenvalue weighted by Crippen LogP contribution is 2.24. The maximum absolute atomic E-state index is 4.16. The van der Waals surface area contributed by atoms with Gasteiger partial charge in [0.2, 0.25) is 0 Å². The Hall–Kier alpha value is -0.440. The molecule has 1 aromatic rings. The first-order valence-corrected chi connectivity index (χ1v) is 4.64. The molecule has 0 fully saturated rings. The number of aromatic amines is 1. The van der Waals surface area contributed by atoms with E-state index in [-0.39, 0.29) is 0 Å². The summed E-state index contributed by atoms with van der Waals surface area (Å²) >= 11 is 2.00. The first-order valence-electron chi connectivity index (χ1n) is 3.48. The van der Waals surface area contributed by atoms with Crippen LogP contribution in [-0.4, -0.2) is 16.0 Å². The van der Waals surface area contributed by atoms with Crippen molar-refractivity contribution in [2.75, 3.05) is 5.75 Å². The van der Waals surface area contributed by atoms with E-state index in [2.05, 4.69) is 17.1 Å². The molecule has 0 aromatic carbocycles. The normalized spacial score (nSPS) is 16.9. The number of fused-ring (bicyclic) bond motifs is 1. The van der Waals surface area contributed by atoms with Crippen LogP contribution < -0.4 is 0 Å². The Morgan fingerprint density at radius 1 is 1.60 bits per heavy atom. The van der Waals surface area contributed by atoms with Gasteiger partial charge in [-0.05, 0) is 19.1 Å². The molecule has 1 aliphatic rings. The molecule has 0 spiro atoms. The number of aromatic nitrogens is 2. The molecule has 0 saturated heterocycles. The van der Waals surface area contributed by atoms with E-state index in [1.54, 1.807) is 0 Å². The Morgan fingerprint density at radius 3 is 3.30 bits per heavy atom. The molecular weight excluding hydrogens is 144 g/mol. The molecule has 0 unspecified atom stereocenters. The fourth-order valence-corrected chi connectivity index (χ4v) is 2.33. The maximum atomic E-state index is 4.16. The third-order valence-corrected chi connectivity index (χ3v) is 2.89. The molecular formula is C7H10N2S. The Balaban J connectivity index is 2.45. The zero-order valence-corrected chi connectivity index (χ0v) is 6.79. The number of rotatable bonds is 0. The molecule has 1 N–H and O–H groups in total. The Morgan fingerprint density at radius 2 is 2.50 bits per heavy atom. The topological polar surface area (TPSA) is 28.7 Å². The molecule has 54 valence electrons. The Labute approximate surface area is 64.4 Å². The van der Waals surface area contributed by atoms with Crippen LogP contribution in [0.4, 0.5) is 0 Å². The highest BCUT2D eigenvalue weighted by molar-refractivity contribution is 7.98. The van der Waals surface area contributed by atoms with Gasteiger partial charge in [-0.15, -0.1) is 0 Å². The van der Waals surface area contributed by atoms with Crippen molar-refractivity contribution in [1.29, 1.82) is 0 Å². The number of hydrogen-bond acceptors (Lipinski definition) is 2. The third-order valence-electron chi connectivity index (χ3n) is 1.90. The summed E-state index contributed by atoms with van der Waals surface area (Å²) in [5.74, 6) is 2.40. The molecule has 3 heteroatoms. The zero-order chi connectivity index (χ0) is 6.97. The van der Waals surface area contributed by atoms with Crippen molar-refractivity contribution in [3.05, 3.63) is 17.0 Å². The molecule has 0 aliphatic carbocycles. The number of nitrogens with one attached hydrogen (secondary N) is 1. The SMILES string of the molecule is Cc1n[nH]c2c1CSCC2. The molecule has 0 atom stereocenters. The van der Waals surface area contributed by atoms with Gasteiger partial charge in [0.25, 0.3) is 0 Å². The van der Waals surface area contributed by atoms with Crippen molar-refractivity contribution < 1.29 is 0 Å². The summed E-state index contributed by atoms with van der Waals surface area (Å²) in [5, 5.41) is 7.22. The van der Waals surface area contributed by atoms with E-state index in [1.807, 2.05) is 11.8 Å². The molecule has 1 aliphatic heterocycles. The van der Waals surface area contributed by atoms with Crippen molar-refractivity contribution in [3.8, 4) is 0 Å². The summed E-state index contributed by atoms with van der Waals surface area (Å²) in [6, 6.07) is 0. The molecule has 0 amide bonds. The second kappa shape index (κ2) is 2.31. The van der Waals surface area contributed by atoms with E-state index in [0.29, 0.717) is 0 Å². The first-order chi connectivity index (χ1) is 4.88. The lowest BCUT2D eigenvalue weighted by molar-refractivity contribution is 0.959. The van der Waals surface area contributed by atoms with Crippen LogP contribution in [0, 0.1) is 6.92 Å².